The standard InChI is InChI=1S/C27H28ClFN2O3S/c1-3-18(2)31(27(33)19-7-6-8-20(28)15-19)16-26(32)30-13-11-25-21(12-14-35-25)23(30)17-34-24-10-5-4-9-22(24)29/h4-10,12,14-15,18,23H,3,11,13,16-17H2,1-2H3/t18-,23+/m1/s1. The lowest BCUT2D eigenvalue weighted by Crippen LogP contribution is -2.49. The van der Waals surface area contributed by atoms with E-state index in [1.165, 1.54) is 10.9 Å². The summed E-state index contributed by atoms with van der Waals surface area (Å²) in [6.07, 6.45) is 1.44. The fourth-order valence-corrected chi connectivity index (χ4v) is 5.40. The van der Waals surface area contributed by atoms with Crippen LogP contribution in [0.4, 0.5) is 4.39 Å². The predicted octanol–water partition coefficient (Wildman–Crippen LogP) is 5.99. The molecule has 2 amide bonds. The number of nitrogens with zero attached hydrogens (tertiary/aromatic N) is 2. The van der Waals surface area contributed by atoms with Gasteiger partial charge in [0.2, 0.25) is 5.91 Å². The first-order valence-electron chi connectivity index (χ1n) is 11.7. The van der Waals surface area contributed by atoms with Crippen LogP contribution in [0.5, 0.6) is 5.75 Å². The molecule has 0 radical (unpaired) electrons. The number of hydrogen-bond acceptors (Lipinski definition) is 4. The number of hydrogen-bond donors (Lipinski definition) is 0. The molecular weight excluding hydrogens is 487 g/mol. The van der Waals surface area contributed by atoms with Crippen LogP contribution in [-0.2, 0) is 11.2 Å². The van der Waals surface area contributed by atoms with E-state index < -0.39 is 5.82 Å². The summed E-state index contributed by atoms with van der Waals surface area (Å²) in [6, 6.07) is 14.5. The summed E-state index contributed by atoms with van der Waals surface area (Å²) >= 11 is 7.75. The molecule has 0 aliphatic carbocycles. The van der Waals surface area contributed by atoms with E-state index in [0.717, 1.165) is 12.0 Å². The minimum Gasteiger partial charge on any atom is -0.488 e. The Morgan fingerprint density at radius 3 is 2.77 bits per heavy atom. The Morgan fingerprint density at radius 2 is 2.03 bits per heavy atom. The van der Waals surface area contributed by atoms with Gasteiger partial charge in [-0.05, 0) is 67.1 Å². The van der Waals surface area contributed by atoms with Crippen molar-refractivity contribution >= 4 is 34.8 Å². The van der Waals surface area contributed by atoms with Crippen molar-refractivity contribution in [2.75, 3.05) is 19.7 Å². The summed E-state index contributed by atoms with van der Waals surface area (Å²) in [6.45, 7) is 4.49. The number of ether oxygens (including phenoxy) is 1. The molecule has 0 unspecified atom stereocenters. The van der Waals surface area contributed by atoms with Crippen molar-refractivity contribution in [2.24, 2.45) is 0 Å². The Hall–Kier alpha value is -2.90. The Morgan fingerprint density at radius 1 is 1.23 bits per heavy atom. The minimum absolute atomic E-state index is 0.0595. The fourth-order valence-electron chi connectivity index (χ4n) is 4.28. The van der Waals surface area contributed by atoms with Crippen LogP contribution in [-0.4, -0.2) is 47.4 Å². The summed E-state index contributed by atoms with van der Waals surface area (Å²) in [7, 11) is 0. The highest BCUT2D eigenvalue weighted by Crippen LogP contribution is 2.34. The first-order valence-corrected chi connectivity index (χ1v) is 12.9. The lowest BCUT2D eigenvalue weighted by molar-refractivity contribution is -0.136. The maximum absolute atomic E-state index is 14.2. The number of para-hydroxylation sites is 1. The van der Waals surface area contributed by atoms with Gasteiger partial charge in [0.1, 0.15) is 13.2 Å². The number of carbonyl (C=O) groups excluding carboxylic acids is 2. The van der Waals surface area contributed by atoms with Crippen molar-refractivity contribution in [2.45, 2.75) is 38.8 Å². The second-order valence-corrected chi connectivity index (χ2v) is 10.0. The van der Waals surface area contributed by atoms with E-state index in [-0.39, 0.29) is 42.8 Å². The van der Waals surface area contributed by atoms with Gasteiger partial charge in [-0.3, -0.25) is 9.59 Å². The fraction of sp³-hybridized carbons (Fsp3) is 0.333. The molecular formula is C27H28ClFN2O3S. The molecule has 5 nitrogen and oxygen atoms in total. The third kappa shape index (κ3) is 5.68. The van der Waals surface area contributed by atoms with Gasteiger partial charge in [-0.1, -0.05) is 36.7 Å². The minimum atomic E-state index is -0.443. The van der Waals surface area contributed by atoms with Gasteiger partial charge < -0.3 is 14.5 Å². The van der Waals surface area contributed by atoms with E-state index in [1.54, 1.807) is 63.6 Å². The lowest BCUT2D eigenvalue weighted by Gasteiger charge is -2.38. The Bertz CT molecular complexity index is 1200. The van der Waals surface area contributed by atoms with Crippen LogP contribution in [0.25, 0.3) is 0 Å². The van der Waals surface area contributed by atoms with Gasteiger partial charge in [-0.25, -0.2) is 4.39 Å². The quantitative estimate of drug-likeness (QED) is 0.371. The molecule has 0 bridgehead atoms. The van der Waals surface area contributed by atoms with E-state index in [4.69, 9.17) is 16.3 Å². The molecule has 2 heterocycles. The third-order valence-corrected chi connectivity index (χ3v) is 7.64. The van der Waals surface area contributed by atoms with Crippen molar-refractivity contribution in [3.63, 3.8) is 0 Å². The van der Waals surface area contributed by atoms with E-state index in [0.29, 0.717) is 23.6 Å². The Kier molecular flexibility index (Phi) is 8.08. The van der Waals surface area contributed by atoms with Gasteiger partial charge in [0, 0.05) is 28.0 Å². The number of amides is 2. The van der Waals surface area contributed by atoms with E-state index in [2.05, 4.69) is 0 Å². The van der Waals surface area contributed by atoms with Crippen LogP contribution in [0.1, 0.15) is 47.1 Å². The van der Waals surface area contributed by atoms with Crippen LogP contribution in [0, 0.1) is 5.82 Å². The van der Waals surface area contributed by atoms with Gasteiger partial charge in [-0.15, -0.1) is 11.3 Å². The maximum atomic E-state index is 14.2. The largest absolute Gasteiger partial charge is 0.488 e. The van der Waals surface area contributed by atoms with Crippen LogP contribution in [0.15, 0.2) is 60.0 Å². The van der Waals surface area contributed by atoms with E-state index in [9.17, 15) is 14.0 Å². The lowest BCUT2D eigenvalue weighted by atomic mass is 10.00. The molecule has 1 aliphatic heterocycles. The summed E-state index contributed by atoms with van der Waals surface area (Å²) < 4.78 is 20.0. The smallest absolute Gasteiger partial charge is 0.254 e. The van der Waals surface area contributed by atoms with E-state index in [1.807, 2.05) is 25.3 Å². The number of benzene rings is 2. The summed E-state index contributed by atoms with van der Waals surface area (Å²) in [4.78, 5) is 31.5. The zero-order chi connectivity index (χ0) is 24.9. The predicted molar refractivity (Wildman–Crippen MR) is 137 cm³/mol. The molecule has 0 fully saturated rings. The van der Waals surface area contributed by atoms with Crippen molar-refractivity contribution in [1.82, 2.24) is 9.80 Å². The topological polar surface area (TPSA) is 49.9 Å². The van der Waals surface area contributed by atoms with Crippen LogP contribution < -0.4 is 4.74 Å². The normalized spacial score (nSPS) is 15.9. The zero-order valence-corrected chi connectivity index (χ0v) is 21.3. The molecule has 8 heteroatoms. The van der Waals surface area contributed by atoms with Gasteiger partial charge >= 0.3 is 0 Å². The monoisotopic (exact) mass is 514 g/mol. The molecule has 184 valence electrons. The van der Waals surface area contributed by atoms with Gasteiger partial charge in [0.15, 0.2) is 11.6 Å². The molecule has 0 spiro atoms. The maximum Gasteiger partial charge on any atom is 0.254 e. The van der Waals surface area contributed by atoms with Crippen LogP contribution >= 0.6 is 22.9 Å². The number of carbonyl (C=O) groups is 2. The second-order valence-electron chi connectivity index (χ2n) is 8.59. The zero-order valence-electron chi connectivity index (χ0n) is 19.7. The van der Waals surface area contributed by atoms with E-state index >= 15 is 0 Å². The van der Waals surface area contributed by atoms with Crippen molar-refractivity contribution in [1.29, 1.82) is 0 Å². The molecule has 1 aromatic heterocycles. The Labute approximate surface area is 214 Å². The number of fused-ring (bicyclic) bond motifs is 1. The summed E-state index contributed by atoms with van der Waals surface area (Å²) in [5, 5.41) is 2.47. The SMILES string of the molecule is CC[C@@H](C)N(CC(=O)N1CCc2sccc2[C@@H]1COc1ccccc1F)C(=O)c1cccc(Cl)c1. The average molecular weight is 515 g/mol. The molecule has 0 saturated heterocycles. The molecule has 0 N–H and O–H groups in total. The summed E-state index contributed by atoms with van der Waals surface area (Å²) in [5.41, 5.74) is 1.46. The molecule has 35 heavy (non-hydrogen) atoms. The van der Waals surface area contributed by atoms with Gasteiger partial charge in [0.05, 0.1) is 6.04 Å². The third-order valence-electron chi connectivity index (χ3n) is 6.41. The highest BCUT2D eigenvalue weighted by atomic mass is 35.5. The van der Waals surface area contributed by atoms with Crippen LogP contribution in [0.3, 0.4) is 0 Å². The molecule has 0 saturated carbocycles. The van der Waals surface area contributed by atoms with Gasteiger partial charge in [-0.2, -0.15) is 0 Å². The Balaban J connectivity index is 1.56. The van der Waals surface area contributed by atoms with Crippen LogP contribution in [0.2, 0.25) is 5.02 Å². The molecule has 1 aliphatic rings. The van der Waals surface area contributed by atoms with Crippen molar-refractivity contribution in [3.05, 3.63) is 86.8 Å². The number of thiophene rings is 1. The average Bonchev–Trinajstić information content (AvgIpc) is 3.35. The first kappa shape index (κ1) is 25.2. The van der Waals surface area contributed by atoms with Gasteiger partial charge in [0.25, 0.3) is 5.91 Å². The molecule has 3 aromatic rings. The first-order chi connectivity index (χ1) is 16.9. The highest BCUT2D eigenvalue weighted by Gasteiger charge is 2.34. The van der Waals surface area contributed by atoms with Crippen molar-refractivity contribution < 1.29 is 18.7 Å². The molecule has 4 rings (SSSR count). The highest BCUT2D eigenvalue weighted by molar-refractivity contribution is 7.10. The molecule has 2 aromatic carbocycles. The number of halogens is 2. The second kappa shape index (κ2) is 11.2. The summed E-state index contributed by atoms with van der Waals surface area (Å²) in [5.74, 6) is -0.691. The van der Waals surface area contributed by atoms with Crippen molar-refractivity contribution in [3.8, 4) is 5.75 Å². The molecule has 2 atom stereocenters. The number of rotatable bonds is 8.